The molecule has 0 saturated heterocycles. The average molecular weight is 309 g/mol. The van der Waals surface area contributed by atoms with E-state index in [9.17, 15) is 14.7 Å². The van der Waals surface area contributed by atoms with Crippen LogP contribution in [0.3, 0.4) is 0 Å². The predicted octanol–water partition coefficient (Wildman–Crippen LogP) is 0.650. The molecule has 5 N–H and O–H groups in total. The van der Waals surface area contributed by atoms with Crippen LogP contribution in [0.5, 0.6) is 0 Å². The SMILES string of the molecule is CN[C@@H](C(=O)N[C@@H](CCC1C=CC(N)C=C1)C(=O)O)C(C)C. The Bertz CT molecular complexity index is 432. The molecule has 22 heavy (non-hydrogen) atoms. The second-order valence-electron chi connectivity index (χ2n) is 6.00. The summed E-state index contributed by atoms with van der Waals surface area (Å²) in [6.07, 6.45) is 8.79. The number of rotatable bonds is 8. The second-order valence-corrected chi connectivity index (χ2v) is 6.00. The highest BCUT2D eigenvalue weighted by atomic mass is 16.4. The number of nitrogens with one attached hydrogen (secondary N) is 2. The molecule has 0 bridgehead atoms. The summed E-state index contributed by atoms with van der Waals surface area (Å²) in [5, 5.41) is 14.8. The first-order valence-corrected chi connectivity index (χ1v) is 7.67. The lowest BCUT2D eigenvalue weighted by Crippen LogP contribution is -2.51. The third kappa shape index (κ3) is 5.61. The Kier molecular flexibility index (Phi) is 7.27. The number of carboxylic acids is 1. The van der Waals surface area contributed by atoms with Crippen molar-refractivity contribution in [2.24, 2.45) is 17.6 Å². The summed E-state index contributed by atoms with van der Waals surface area (Å²) in [5.74, 6) is -1.03. The first-order valence-electron chi connectivity index (χ1n) is 7.67. The van der Waals surface area contributed by atoms with Gasteiger partial charge in [0.1, 0.15) is 6.04 Å². The number of allylic oxidation sites excluding steroid dienone is 2. The minimum atomic E-state index is -1.01. The first-order chi connectivity index (χ1) is 10.3. The summed E-state index contributed by atoms with van der Waals surface area (Å²) < 4.78 is 0. The molecule has 124 valence electrons. The summed E-state index contributed by atoms with van der Waals surface area (Å²) in [7, 11) is 1.70. The van der Waals surface area contributed by atoms with Crippen molar-refractivity contribution in [2.45, 2.75) is 44.8 Å². The summed E-state index contributed by atoms with van der Waals surface area (Å²) in [4.78, 5) is 23.5. The molecule has 1 aliphatic rings. The number of carboxylic acid groups (broad SMARTS) is 1. The van der Waals surface area contributed by atoms with E-state index < -0.39 is 18.1 Å². The molecule has 6 nitrogen and oxygen atoms in total. The van der Waals surface area contributed by atoms with Gasteiger partial charge in [-0.05, 0) is 31.7 Å². The maximum absolute atomic E-state index is 12.1. The van der Waals surface area contributed by atoms with Gasteiger partial charge in [0.25, 0.3) is 0 Å². The molecule has 0 unspecified atom stereocenters. The molecular formula is C16H27N3O3. The van der Waals surface area contributed by atoms with Gasteiger partial charge in [0.2, 0.25) is 5.91 Å². The van der Waals surface area contributed by atoms with Crippen molar-refractivity contribution < 1.29 is 14.7 Å². The minimum Gasteiger partial charge on any atom is -0.480 e. The lowest BCUT2D eigenvalue weighted by atomic mass is 9.94. The fraction of sp³-hybridized carbons (Fsp3) is 0.625. The van der Waals surface area contributed by atoms with Crippen LogP contribution < -0.4 is 16.4 Å². The van der Waals surface area contributed by atoms with Gasteiger partial charge in [0, 0.05) is 6.04 Å². The van der Waals surface area contributed by atoms with E-state index in [4.69, 9.17) is 5.73 Å². The quantitative estimate of drug-likeness (QED) is 0.493. The average Bonchev–Trinajstić information content (AvgIpc) is 2.45. The molecule has 0 fully saturated rings. The van der Waals surface area contributed by atoms with Gasteiger partial charge in [-0.25, -0.2) is 4.79 Å². The number of likely N-dealkylation sites (N-methyl/N-ethyl adjacent to an activating group) is 1. The minimum absolute atomic E-state index is 0.0614. The summed E-state index contributed by atoms with van der Waals surface area (Å²) in [5.41, 5.74) is 5.71. The molecule has 0 aromatic carbocycles. The van der Waals surface area contributed by atoms with Crippen molar-refractivity contribution in [2.75, 3.05) is 7.05 Å². The standard InChI is InChI=1S/C16H27N3O3/c1-10(2)14(18-3)15(20)19-13(16(21)22)9-6-11-4-7-12(17)8-5-11/h4-5,7-8,10-14,18H,6,9,17H2,1-3H3,(H,19,20)(H,21,22)/t11?,12?,13-,14+/m0/s1. The Morgan fingerprint density at radius 2 is 1.82 bits per heavy atom. The van der Waals surface area contributed by atoms with Gasteiger partial charge in [-0.1, -0.05) is 38.2 Å². The first kappa shape index (κ1) is 18.4. The van der Waals surface area contributed by atoms with Crippen molar-refractivity contribution in [3.05, 3.63) is 24.3 Å². The Balaban J connectivity index is 2.55. The molecule has 0 aromatic heterocycles. The van der Waals surface area contributed by atoms with Crippen LogP contribution in [0.15, 0.2) is 24.3 Å². The Labute approximate surface area is 131 Å². The molecule has 0 aliphatic heterocycles. The predicted molar refractivity (Wildman–Crippen MR) is 86.2 cm³/mol. The second kappa shape index (κ2) is 8.70. The largest absolute Gasteiger partial charge is 0.480 e. The van der Waals surface area contributed by atoms with Crippen LogP contribution in [0.4, 0.5) is 0 Å². The molecule has 2 atom stereocenters. The lowest BCUT2D eigenvalue weighted by molar-refractivity contribution is -0.142. The summed E-state index contributed by atoms with van der Waals surface area (Å²) in [6, 6.07) is -1.33. The molecule has 1 rings (SSSR count). The van der Waals surface area contributed by atoms with Crippen LogP contribution >= 0.6 is 0 Å². The van der Waals surface area contributed by atoms with Crippen molar-refractivity contribution in [1.29, 1.82) is 0 Å². The number of aliphatic carboxylic acids is 1. The molecular weight excluding hydrogens is 282 g/mol. The van der Waals surface area contributed by atoms with E-state index in [2.05, 4.69) is 10.6 Å². The molecule has 0 saturated carbocycles. The number of nitrogens with two attached hydrogens (primary N) is 1. The Morgan fingerprint density at radius 1 is 1.23 bits per heavy atom. The van der Waals surface area contributed by atoms with Crippen LogP contribution in [0.2, 0.25) is 0 Å². The van der Waals surface area contributed by atoms with Gasteiger partial charge in [-0.2, -0.15) is 0 Å². The maximum Gasteiger partial charge on any atom is 0.326 e. The van der Waals surface area contributed by atoms with Crippen LogP contribution in [0.25, 0.3) is 0 Å². The van der Waals surface area contributed by atoms with Crippen molar-refractivity contribution >= 4 is 11.9 Å². The van der Waals surface area contributed by atoms with Gasteiger partial charge in [-0.3, -0.25) is 4.79 Å². The number of amides is 1. The van der Waals surface area contributed by atoms with Crippen molar-refractivity contribution in [3.8, 4) is 0 Å². The molecule has 0 spiro atoms. The van der Waals surface area contributed by atoms with Crippen molar-refractivity contribution in [3.63, 3.8) is 0 Å². The highest BCUT2D eigenvalue weighted by molar-refractivity contribution is 5.87. The van der Waals surface area contributed by atoms with E-state index in [1.54, 1.807) is 7.05 Å². The zero-order valence-corrected chi connectivity index (χ0v) is 13.5. The fourth-order valence-corrected chi connectivity index (χ4v) is 2.51. The zero-order chi connectivity index (χ0) is 16.7. The topological polar surface area (TPSA) is 104 Å². The molecule has 0 radical (unpaired) electrons. The Hall–Kier alpha value is -1.66. The maximum atomic E-state index is 12.1. The van der Waals surface area contributed by atoms with Gasteiger partial charge in [0.15, 0.2) is 0 Å². The third-order valence-corrected chi connectivity index (χ3v) is 3.82. The van der Waals surface area contributed by atoms with E-state index in [1.165, 1.54) is 0 Å². The molecule has 1 amide bonds. The molecule has 0 heterocycles. The van der Waals surface area contributed by atoms with Gasteiger partial charge in [-0.15, -0.1) is 0 Å². The van der Waals surface area contributed by atoms with Gasteiger partial charge < -0.3 is 21.5 Å². The normalized spacial score (nSPS) is 23.3. The molecule has 0 aromatic rings. The van der Waals surface area contributed by atoms with Crippen LogP contribution in [0, 0.1) is 11.8 Å². The lowest BCUT2D eigenvalue weighted by Gasteiger charge is -2.23. The highest BCUT2D eigenvalue weighted by Crippen LogP contribution is 2.16. The van der Waals surface area contributed by atoms with Crippen LogP contribution in [-0.4, -0.2) is 42.2 Å². The van der Waals surface area contributed by atoms with E-state index in [-0.39, 0.29) is 23.8 Å². The van der Waals surface area contributed by atoms with Crippen molar-refractivity contribution in [1.82, 2.24) is 10.6 Å². The van der Waals surface area contributed by atoms with Gasteiger partial charge >= 0.3 is 5.97 Å². The highest BCUT2D eigenvalue weighted by Gasteiger charge is 2.26. The number of carbonyl (C=O) groups is 2. The third-order valence-electron chi connectivity index (χ3n) is 3.82. The van der Waals surface area contributed by atoms with E-state index >= 15 is 0 Å². The number of hydrogen-bond donors (Lipinski definition) is 4. The van der Waals surface area contributed by atoms with Crippen LogP contribution in [0.1, 0.15) is 26.7 Å². The zero-order valence-electron chi connectivity index (χ0n) is 13.5. The molecule has 6 heteroatoms. The van der Waals surface area contributed by atoms with Gasteiger partial charge in [0.05, 0.1) is 6.04 Å². The van der Waals surface area contributed by atoms with Crippen LogP contribution in [-0.2, 0) is 9.59 Å². The smallest absolute Gasteiger partial charge is 0.326 e. The monoisotopic (exact) mass is 309 g/mol. The number of hydrogen-bond acceptors (Lipinski definition) is 4. The summed E-state index contributed by atoms with van der Waals surface area (Å²) >= 11 is 0. The summed E-state index contributed by atoms with van der Waals surface area (Å²) in [6.45, 7) is 3.83. The van der Waals surface area contributed by atoms with E-state index in [1.807, 2.05) is 38.2 Å². The molecule has 1 aliphatic carbocycles. The number of carbonyl (C=O) groups excluding carboxylic acids is 1. The van der Waals surface area contributed by atoms with E-state index in [0.717, 1.165) is 0 Å². The van der Waals surface area contributed by atoms with E-state index in [0.29, 0.717) is 12.8 Å². The fourth-order valence-electron chi connectivity index (χ4n) is 2.51. The Morgan fingerprint density at radius 3 is 2.27 bits per heavy atom.